The Morgan fingerprint density at radius 2 is 0.919 bits per heavy atom. The van der Waals surface area contributed by atoms with Crippen molar-refractivity contribution in [2.75, 3.05) is 10.6 Å². The molecule has 2 N–H and O–H groups in total. The maximum Gasteiger partial charge on any atom is 0.255 e. The topological polar surface area (TPSA) is 58.2 Å². The molecule has 0 aliphatic heterocycles. The number of hydrogen-bond donors (Lipinski definition) is 2. The predicted octanol–water partition coefficient (Wildman–Crippen LogP) is 7.83. The first-order valence-electron chi connectivity index (χ1n) is 12.1. The van der Waals surface area contributed by atoms with Crippen molar-refractivity contribution in [1.82, 2.24) is 0 Å². The molecule has 4 nitrogen and oxygen atoms in total. The Hall–Kier alpha value is -4.96. The van der Waals surface area contributed by atoms with Crippen molar-refractivity contribution in [1.29, 1.82) is 0 Å². The highest BCUT2D eigenvalue weighted by molar-refractivity contribution is 6.07. The van der Waals surface area contributed by atoms with Gasteiger partial charge < -0.3 is 10.6 Å². The number of benzene rings is 5. The zero-order valence-electron chi connectivity index (χ0n) is 20.4. The van der Waals surface area contributed by atoms with Crippen molar-refractivity contribution in [2.45, 2.75) is 6.92 Å². The molecule has 37 heavy (non-hydrogen) atoms. The second-order valence-electron chi connectivity index (χ2n) is 8.82. The number of rotatable bonds is 6. The lowest BCUT2D eigenvalue weighted by atomic mass is 10.0. The third kappa shape index (κ3) is 5.65. The molecule has 0 unspecified atom stereocenters. The molecule has 5 aromatic rings. The highest BCUT2D eigenvalue weighted by Gasteiger charge is 2.11. The summed E-state index contributed by atoms with van der Waals surface area (Å²) in [5.74, 6) is -0.417. The molecule has 2 amide bonds. The molecule has 180 valence electrons. The summed E-state index contributed by atoms with van der Waals surface area (Å²) < 4.78 is 0. The van der Waals surface area contributed by atoms with Crippen LogP contribution >= 0.6 is 0 Å². The number of hydrogen-bond acceptors (Lipinski definition) is 2. The van der Waals surface area contributed by atoms with E-state index in [1.54, 1.807) is 6.07 Å². The fourth-order valence-corrected chi connectivity index (χ4v) is 4.12. The molecule has 0 atom stereocenters. The van der Waals surface area contributed by atoms with E-state index >= 15 is 0 Å². The van der Waals surface area contributed by atoms with Gasteiger partial charge in [0.2, 0.25) is 0 Å². The van der Waals surface area contributed by atoms with Gasteiger partial charge in [0.15, 0.2) is 0 Å². The number of amides is 2. The van der Waals surface area contributed by atoms with E-state index in [0.717, 1.165) is 27.8 Å². The van der Waals surface area contributed by atoms with Crippen LogP contribution in [0.5, 0.6) is 0 Å². The van der Waals surface area contributed by atoms with Gasteiger partial charge in [0.05, 0.1) is 0 Å². The van der Waals surface area contributed by atoms with Gasteiger partial charge in [-0.15, -0.1) is 0 Å². The van der Waals surface area contributed by atoms with Gasteiger partial charge >= 0.3 is 0 Å². The molecule has 5 rings (SSSR count). The average Bonchev–Trinajstić information content (AvgIpc) is 2.96. The Morgan fingerprint density at radius 3 is 1.41 bits per heavy atom. The lowest BCUT2D eigenvalue weighted by Crippen LogP contribution is -2.14. The Labute approximate surface area is 216 Å². The van der Waals surface area contributed by atoms with Crippen LogP contribution in [0, 0.1) is 6.92 Å². The summed E-state index contributed by atoms with van der Waals surface area (Å²) in [4.78, 5) is 25.8. The summed E-state index contributed by atoms with van der Waals surface area (Å²) in [6, 6.07) is 40.6. The van der Waals surface area contributed by atoms with Crippen molar-refractivity contribution in [3.63, 3.8) is 0 Å². The fourth-order valence-electron chi connectivity index (χ4n) is 4.12. The quantitative estimate of drug-likeness (QED) is 0.259. The largest absolute Gasteiger partial charge is 0.322 e. The van der Waals surface area contributed by atoms with E-state index in [1.807, 2.05) is 128 Å². The van der Waals surface area contributed by atoms with Crippen molar-refractivity contribution in [3.8, 4) is 22.3 Å². The summed E-state index contributed by atoms with van der Waals surface area (Å²) in [6.07, 6.45) is 0. The highest BCUT2D eigenvalue weighted by atomic mass is 16.2. The summed E-state index contributed by atoms with van der Waals surface area (Å²) in [7, 11) is 0. The molecular weight excluding hydrogens is 456 g/mol. The zero-order chi connectivity index (χ0) is 25.6. The van der Waals surface area contributed by atoms with E-state index in [0.29, 0.717) is 22.5 Å². The van der Waals surface area contributed by atoms with Crippen LogP contribution in [0.2, 0.25) is 0 Å². The van der Waals surface area contributed by atoms with Crippen molar-refractivity contribution < 1.29 is 9.59 Å². The normalized spacial score (nSPS) is 10.5. The maximum atomic E-state index is 12.9. The van der Waals surface area contributed by atoms with Crippen LogP contribution in [0.1, 0.15) is 26.3 Å². The van der Waals surface area contributed by atoms with Gasteiger partial charge in [0.25, 0.3) is 11.8 Å². The highest BCUT2D eigenvalue weighted by Crippen LogP contribution is 2.24. The third-order valence-corrected chi connectivity index (χ3v) is 6.25. The number of carbonyl (C=O) groups is 2. The molecule has 0 radical (unpaired) electrons. The van der Waals surface area contributed by atoms with Crippen molar-refractivity contribution in [3.05, 3.63) is 144 Å². The van der Waals surface area contributed by atoms with E-state index in [2.05, 4.69) is 10.6 Å². The summed E-state index contributed by atoms with van der Waals surface area (Å²) in [5, 5.41) is 5.91. The Balaban J connectivity index is 1.26. The Kier molecular flexibility index (Phi) is 6.91. The Morgan fingerprint density at radius 1 is 0.486 bits per heavy atom. The van der Waals surface area contributed by atoms with Crippen LogP contribution in [0.15, 0.2) is 127 Å². The Bertz CT molecular complexity index is 1530. The molecule has 0 fully saturated rings. The first-order chi connectivity index (χ1) is 18.1. The third-order valence-electron chi connectivity index (χ3n) is 6.25. The van der Waals surface area contributed by atoms with Gasteiger partial charge in [-0.3, -0.25) is 9.59 Å². The second-order valence-corrected chi connectivity index (χ2v) is 8.82. The molecule has 0 aromatic heterocycles. The van der Waals surface area contributed by atoms with Gasteiger partial charge in [-0.05, 0) is 71.1 Å². The van der Waals surface area contributed by atoms with Gasteiger partial charge in [-0.2, -0.15) is 0 Å². The molecule has 0 aliphatic rings. The van der Waals surface area contributed by atoms with Crippen LogP contribution in [0.4, 0.5) is 11.4 Å². The van der Waals surface area contributed by atoms with Crippen molar-refractivity contribution >= 4 is 23.2 Å². The van der Waals surface area contributed by atoms with E-state index in [1.165, 1.54) is 0 Å². The lowest BCUT2D eigenvalue weighted by Gasteiger charge is -2.12. The number of nitrogens with one attached hydrogen (secondary N) is 2. The van der Waals surface area contributed by atoms with Crippen LogP contribution in [0.25, 0.3) is 22.3 Å². The molecule has 0 saturated carbocycles. The average molecular weight is 483 g/mol. The molecule has 0 spiro atoms. The van der Waals surface area contributed by atoms with E-state index in [4.69, 9.17) is 0 Å². The minimum absolute atomic E-state index is 0.206. The smallest absolute Gasteiger partial charge is 0.255 e. The molecule has 4 heteroatoms. The van der Waals surface area contributed by atoms with Gasteiger partial charge in [0, 0.05) is 22.5 Å². The zero-order valence-corrected chi connectivity index (χ0v) is 20.4. The maximum absolute atomic E-state index is 12.9. The molecule has 0 aliphatic carbocycles. The predicted molar refractivity (Wildman–Crippen MR) is 151 cm³/mol. The van der Waals surface area contributed by atoms with Crippen LogP contribution < -0.4 is 10.6 Å². The fraction of sp³-hybridized carbons (Fsp3) is 0.0303. The first-order valence-corrected chi connectivity index (χ1v) is 12.1. The standard InChI is InChI=1S/C33H26N2O2/c1-23-12-21-30(34-32(36)28-17-13-26(14-18-28)24-8-4-2-5-9-24)22-31(23)35-33(37)29-19-15-27(16-20-29)25-10-6-3-7-11-25/h2-22H,1H3,(H,34,36)(H,35,37). The number of carbonyl (C=O) groups excluding carboxylic acids is 2. The second kappa shape index (κ2) is 10.8. The summed E-state index contributed by atoms with van der Waals surface area (Å²) >= 11 is 0. The van der Waals surface area contributed by atoms with Gasteiger partial charge in [0.1, 0.15) is 0 Å². The monoisotopic (exact) mass is 482 g/mol. The van der Waals surface area contributed by atoms with E-state index in [9.17, 15) is 9.59 Å². The molecule has 5 aromatic carbocycles. The minimum atomic E-state index is -0.211. The lowest BCUT2D eigenvalue weighted by molar-refractivity contribution is 0.101. The van der Waals surface area contributed by atoms with Crippen LogP contribution in [-0.2, 0) is 0 Å². The summed E-state index contributed by atoms with van der Waals surface area (Å²) in [6.45, 7) is 1.92. The number of aryl methyl sites for hydroxylation is 1. The van der Waals surface area contributed by atoms with Gasteiger partial charge in [-0.25, -0.2) is 0 Å². The number of anilines is 2. The van der Waals surface area contributed by atoms with Gasteiger partial charge in [-0.1, -0.05) is 91.0 Å². The minimum Gasteiger partial charge on any atom is -0.322 e. The van der Waals surface area contributed by atoms with Crippen molar-refractivity contribution in [2.24, 2.45) is 0 Å². The molecule has 0 bridgehead atoms. The SMILES string of the molecule is Cc1ccc(NC(=O)c2ccc(-c3ccccc3)cc2)cc1NC(=O)c1ccc(-c2ccccc2)cc1. The molecule has 0 saturated heterocycles. The van der Waals surface area contributed by atoms with E-state index < -0.39 is 0 Å². The molecular formula is C33H26N2O2. The van der Waals surface area contributed by atoms with Crippen LogP contribution in [0.3, 0.4) is 0 Å². The van der Waals surface area contributed by atoms with Crippen LogP contribution in [-0.4, -0.2) is 11.8 Å². The molecule has 0 heterocycles. The first kappa shape index (κ1) is 23.8. The van der Waals surface area contributed by atoms with E-state index in [-0.39, 0.29) is 11.8 Å². The summed E-state index contributed by atoms with van der Waals surface area (Å²) in [5.41, 5.74) is 7.58.